The molecule has 0 atom stereocenters. The average Bonchev–Trinajstić information content (AvgIpc) is 2.38. The van der Waals surface area contributed by atoms with Gasteiger partial charge in [-0.3, -0.25) is 4.79 Å². The molecule has 0 saturated carbocycles. The molecule has 0 aromatic heterocycles. The summed E-state index contributed by atoms with van der Waals surface area (Å²) in [5.74, 6) is 0.615. The monoisotopic (exact) mass is 267 g/mol. The molecule has 0 radical (unpaired) electrons. The van der Waals surface area contributed by atoms with Gasteiger partial charge in [0.1, 0.15) is 0 Å². The van der Waals surface area contributed by atoms with Crippen LogP contribution < -0.4 is 5.32 Å². The van der Waals surface area contributed by atoms with Gasteiger partial charge in [-0.15, -0.1) is 11.8 Å². The van der Waals surface area contributed by atoms with Crippen molar-refractivity contribution in [1.82, 2.24) is 5.32 Å². The van der Waals surface area contributed by atoms with E-state index in [0.29, 0.717) is 6.42 Å². The van der Waals surface area contributed by atoms with Gasteiger partial charge in [0.05, 0.1) is 13.5 Å². The fourth-order valence-corrected chi connectivity index (χ4v) is 2.54. The molecule has 3 nitrogen and oxygen atoms in total. The lowest BCUT2D eigenvalue weighted by Crippen LogP contribution is -2.11. The van der Waals surface area contributed by atoms with Crippen molar-refractivity contribution in [3.8, 4) is 0 Å². The van der Waals surface area contributed by atoms with E-state index in [-0.39, 0.29) is 5.97 Å². The van der Waals surface area contributed by atoms with Crippen LogP contribution >= 0.6 is 11.8 Å². The Morgan fingerprint density at radius 3 is 2.83 bits per heavy atom. The average molecular weight is 267 g/mol. The molecule has 0 aliphatic rings. The molecule has 1 rings (SSSR count). The van der Waals surface area contributed by atoms with E-state index in [9.17, 15) is 4.79 Å². The van der Waals surface area contributed by atoms with Crippen molar-refractivity contribution >= 4 is 17.7 Å². The first kappa shape index (κ1) is 15.1. The predicted molar refractivity (Wildman–Crippen MR) is 75.9 cm³/mol. The molecule has 1 N–H and O–H groups in total. The van der Waals surface area contributed by atoms with Crippen LogP contribution in [0.3, 0.4) is 0 Å². The quantitative estimate of drug-likeness (QED) is 0.609. The van der Waals surface area contributed by atoms with Crippen LogP contribution in [0.15, 0.2) is 23.1 Å². The predicted octanol–water partition coefficient (Wildman–Crippen LogP) is 2.76. The van der Waals surface area contributed by atoms with Crippen molar-refractivity contribution < 1.29 is 9.53 Å². The summed E-state index contributed by atoms with van der Waals surface area (Å²) >= 11 is 1.70. The van der Waals surface area contributed by atoms with Gasteiger partial charge in [-0.2, -0.15) is 0 Å². The smallest absolute Gasteiger partial charge is 0.306 e. The summed E-state index contributed by atoms with van der Waals surface area (Å²) in [6.07, 6.45) is 0.458. The topological polar surface area (TPSA) is 38.3 Å². The van der Waals surface area contributed by atoms with Crippen molar-refractivity contribution in [1.29, 1.82) is 0 Å². The summed E-state index contributed by atoms with van der Waals surface area (Å²) in [6, 6.07) is 6.46. The fourth-order valence-electron chi connectivity index (χ4n) is 1.60. The van der Waals surface area contributed by atoms with E-state index in [1.165, 1.54) is 23.1 Å². The Kier molecular flexibility index (Phi) is 6.83. The third kappa shape index (κ3) is 5.10. The molecular weight excluding hydrogens is 246 g/mol. The lowest BCUT2D eigenvalue weighted by Gasteiger charge is -2.08. The van der Waals surface area contributed by atoms with Gasteiger partial charge in [0.25, 0.3) is 0 Å². The van der Waals surface area contributed by atoms with Crippen molar-refractivity contribution in [3.63, 3.8) is 0 Å². The molecule has 0 amide bonds. The van der Waals surface area contributed by atoms with Crippen LogP contribution in [0.2, 0.25) is 0 Å². The van der Waals surface area contributed by atoms with Crippen LogP contribution in [0.4, 0.5) is 0 Å². The first-order valence-electron chi connectivity index (χ1n) is 6.17. The van der Waals surface area contributed by atoms with E-state index < -0.39 is 0 Å². The first-order valence-corrected chi connectivity index (χ1v) is 7.15. The molecule has 0 aliphatic heterocycles. The molecule has 1 aromatic carbocycles. The summed E-state index contributed by atoms with van der Waals surface area (Å²) in [7, 11) is 1.42. The molecule has 0 saturated heterocycles. The van der Waals surface area contributed by atoms with Gasteiger partial charge in [-0.05, 0) is 30.7 Å². The Labute approximate surface area is 113 Å². The van der Waals surface area contributed by atoms with Gasteiger partial charge in [-0.25, -0.2) is 0 Å². The third-order valence-corrected chi connectivity index (χ3v) is 3.79. The molecule has 18 heavy (non-hydrogen) atoms. The number of aryl methyl sites for hydroxylation is 1. The zero-order valence-corrected chi connectivity index (χ0v) is 12.1. The van der Waals surface area contributed by atoms with Gasteiger partial charge in [0, 0.05) is 17.2 Å². The molecule has 4 heteroatoms. The van der Waals surface area contributed by atoms with E-state index in [2.05, 4.69) is 42.1 Å². The number of hydrogen-bond donors (Lipinski definition) is 1. The van der Waals surface area contributed by atoms with Gasteiger partial charge < -0.3 is 10.1 Å². The fraction of sp³-hybridized carbons (Fsp3) is 0.500. The van der Waals surface area contributed by atoms with Gasteiger partial charge >= 0.3 is 5.97 Å². The summed E-state index contributed by atoms with van der Waals surface area (Å²) in [5, 5.41) is 3.31. The highest BCUT2D eigenvalue weighted by atomic mass is 32.2. The number of benzene rings is 1. The zero-order chi connectivity index (χ0) is 13.4. The third-order valence-electron chi connectivity index (χ3n) is 2.61. The Morgan fingerprint density at radius 2 is 2.22 bits per heavy atom. The normalized spacial score (nSPS) is 10.4. The maximum atomic E-state index is 11.0. The highest BCUT2D eigenvalue weighted by Crippen LogP contribution is 2.24. The van der Waals surface area contributed by atoms with E-state index in [0.717, 1.165) is 18.8 Å². The van der Waals surface area contributed by atoms with Crippen LogP contribution in [0.1, 0.15) is 24.5 Å². The van der Waals surface area contributed by atoms with Crippen molar-refractivity contribution in [3.05, 3.63) is 29.3 Å². The second-order valence-corrected chi connectivity index (χ2v) is 5.19. The second kappa shape index (κ2) is 8.16. The number of thioether (sulfide) groups is 1. The van der Waals surface area contributed by atoms with Gasteiger partial charge in [-0.1, -0.05) is 19.1 Å². The number of esters is 1. The van der Waals surface area contributed by atoms with Gasteiger partial charge in [0.2, 0.25) is 0 Å². The van der Waals surface area contributed by atoms with Crippen molar-refractivity contribution in [2.75, 3.05) is 19.4 Å². The number of carbonyl (C=O) groups is 1. The van der Waals surface area contributed by atoms with Crippen molar-refractivity contribution in [2.45, 2.75) is 31.7 Å². The van der Waals surface area contributed by atoms with Crippen LogP contribution in [0.5, 0.6) is 0 Å². The van der Waals surface area contributed by atoms with E-state index in [1.54, 1.807) is 11.8 Å². The largest absolute Gasteiger partial charge is 0.469 e. The first-order chi connectivity index (χ1) is 8.67. The van der Waals surface area contributed by atoms with Crippen LogP contribution in [-0.4, -0.2) is 25.4 Å². The summed E-state index contributed by atoms with van der Waals surface area (Å²) in [5.41, 5.74) is 2.56. The minimum absolute atomic E-state index is 0.149. The molecule has 0 spiro atoms. The number of nitrogens with one attached hydrogen (secondary N) is 1. The molecular formula is C14H21NO2S. The van der Waals surface area contributed by atoms with Gasteiger partial charge in [0.15, 0.2) is 0 Å². The Hall–Kier alpha value is -1.00. The lowest BCUT2D eigenvalue weighted by molar-refractivity contribution is -0.140. The standard InChI is InChI=1S/C14H21NO2S/c1-4-15-10-12-5-6-13(11(2)9-12)18-8-7-14(16)17-3/h5-6,9,15H,4,7-8,10H2,1-3H3. The Bertz CT molecular complexity index is 393. The number of carbonyl (C=O) groups excluding carboxylic acids is 1. The molecule has 0 bridgehead atoms. The Balaban J connectivity index is 2.49. The summed E-state index contributed by atoms with van der Waals surface area (Å²) < 4.78 is 4.62. The van der Waals surface area contributed by atoms with Crippen LogP contribution in [0, 0.1) is 6.92 Å². The molecule has 1 aromatic rings. The highest BCUT2D eigenvalue weighted by molar-refractivity contribution is 7.99. The Morgan fingerprint density at radius 1 is 1.44 bits per heavy atom. The highest BCUT2D eigenvalue weighted by Gasteiger charge is 2.04. The van der Waals surface area contributed by atoms with E-state index in [1.807, 2.05) is 0 Å². The molecule has 0 unspecified atom stereocenters. The summed E-state index contributed by atoms with van der Waals surface area (Å²) in [6.45, 7) is 6.10. The minimum Gasteiger partial charge on any atom is -0.469 e. The molecule has 0 fully saturated rings. The number of methoxy groups -OCH3 is 1. The lowest BCUT2D eigenvalue weighted by atomic mass is 10.1. The number of rotatable bonds is 7. The maximum absolute atomic E-state index is 11.0. The number of hydrogen-bond acceptors (Lipinski definition) is 4. The second-order valence-electron chi connectivity index (χ2n) is 4.05. The zero-order valence-electron chi connectivity index (χ0n) is 11.3. The molecule has 0 aliphatic carbocycles. The maximum Gasteiger partial charge on any atom is 0.306 e. The van der Waals surface area contributed by atoms with Crippen LogP contribution in [-0.2, 0) is 16.1 Å². The minimum atomic E-state index is -0.149. The van der Waals surface area contributed by atoms with E-state index >= 15 is 0 Å². The van der Waals surface area contributed by atoms with Crippen LogP contribution in [0.25, 0.3) is 0 Å². The van der Waals surface area contributed by atoms with E-state index in [4.69, 9.17) is 0 Å². The molecule has 0 heterocycles. The SMILES string of the molecule is CCNCc1ccc(SCCC(=O)OC)c(C)c1. The summed E-state index contributed by atoms with van der Waals surface area (Å²) in [4.78, 5) is 12.3. The number of ether oxygens (including phenoxy) is 1. The van der Waals surface area contributed by atoms with Crippen molar-refractivity contribution in [2.24, 2.45) is 0 Å². The molecule has 100 valence electrons.